The molecular weight excluding hydrogens is 304 g/mol. The summed E-state index contributed by atoms with van der Waals surface area (Å²) < 4.78 is 11.3. The number of hydrogen-bond donors (Lipinski definition) is 0. The highest BCUT2D eigenvalue weighted by Crippen LogP contribution is 2.46. The van der Waals surface area contributed by atoms with Crippen molar-refractivity contribution in [2.45, 2.75) is 76.4 Å². The third-order valence-corrected chi connectivity index (χ3v) is 5.94. The summed E-state index contributed by atoms with van der Waals surface area (Å²) in [5, 5.41) is 0. The van der Waals surface area contributed by atoms with Gasteiger partial charge in [0.25, 0.3) is 0 Å². The molecule has 0 fully saturated rings. The van der Waals surface area contributed by atoms with Crippen molar-refractivity contribution in [3.05, 3.63) is 29.3 Å². The van der Waals surface area contributed by atoms with Crippen molar-refractivity contribution in [2.24, 2.45) is 0 Å². The Hall–Kier alpha value is -0.510. The predicted octanol–water partition coefficient (Wildman–Crippen LogP) is 5.53. The Morgan fingerprint density at radius 1 is 0.957 bits per heavy atom. The highest BCUT2D eigenvalue weighted by Gasteiger charge is 2.36. The molecule has 3 heteroatoms. The Labute approximate surface area is 146 Å². The minimum Gasteiger partial charge on any atom is -0.352 e. The normalized spacial score (nSPS) is 18.9. The quantitative estimate of drug-likeness (QED) is 0.482. The fourth-order valence-electron chi connectivity index (χ4n) is 3.34. The fourth-order valence-corrected chi connectivity index (χ4v) is 4.22. The molecule has 2 rings (SSSR count). The predicted molar refractivity (Wildman–Crippen MR) is 99.5 cm³/mol. The number of thioether (sulfide) groups is 1. The van der Waals surface area contributed by atoms with E-state index >= 15 is 0 Å². The summed E-state index contributed by atoms with van der Waals surface area (Å²) in [6.45, 7) is 14.9. The molecule has 0 heterocycles. The molecule has 0 aromatic heterocycles. The Morgan fingerprint density at radius 3 is 2.09 bits per heavy atom. The van der Waals surface area contributed by atoms with Gasteiger partial charge in [0.15, 0.2) is 6.29 Å². The molecular formula is C20H32O2S. The minimum absolute atomic E-state index is 0.115. The lowest BCUT2D eigenvalue weighted by atomic mass is 9.63. The summed E-state index contributed by atoms with van der Waals surface area (Å²) in [4.78, 5) is 1.32. The van der Waals surface area contributed by atoms with Crippen LogP contribution in [0.2, 0.25) is 0 Å². The van der Waals surface area contributed by atoms with E-state index in [2.05, 4.69) is 45.9 Å². The largest absolute Gasteiger partial charge is 0.352 e. The van der Waals surface area contributed by atoms with E-state index in [1.54, 1.807) is 0 Å². The summed E-state index contributed by atoms with van der Waals surface area (Å²) in [7, 11) is 0. The molecule has 0 aliphatic heterocycles. The van der Waals surface area contributed by atoms with Gasteiger partial charge in [-0.25, -0.2) is 0 Å². The van der Waals surface area contributed by atoms with Gasteiger partial charge in [-0.3, -0.25) is 0 Å². The molecule has 0 unspecified atom stereocenters. The van der Waals surface area contributed by atoms with Crippen LogP contribution in [0.15, 0.2) is 23.1 Å². The van der Waals surface area contributed by atoms with Crippen LogP contribution in [0.4, 0.5) is 0 Å². The van der Waals surface area contributed by atoms with Crippen LogP contribution in [0.1, 0.15) is 65.5 Å². The topological polar surface area (TPSA) is 18.5 Å². The smallest absolute Gasteiger partial charge is 0.166 e. The van der Waals surface area contributed by atoms with Crippen LogP contribution in [0.3, 0.4) is 0 Å². The Balaban J connectivity index is 2.16. The van der Waals surface area contributed by atoms with Crippen LogP contribution in [0.25, 0.3) is 0 Å². The Kier molecular flexibility index (Phi) is 6.21. The van der Waals surface area contributed by atoms with E-state index in [4.69, 9.17) is 9.47 Å². The van der Waals surface area contributed by atoms with Gasteiger partial charge in [-0.1, -0.05) is 33.8 Å². The first kappa shape index (κ1) is 18.8. The first-order valence-corrected chi connectivity index (χ1v) is 9.79. The lowest BCUT2D eigenvalue weighted by Gasteiger charge is -2.42. The molecule has 1 aliphatic carbocycles. The maximum absolute atomic E-state index is 5.65. The van der Waals surface area contributed by atoms with Crippen molar-refractivity contribution in [1.29, 1.82) is 0 Å². The fraction of sp³-hybridized carbons (Fsp3) is 0.700. The molecule has 23 heavy (non-hydrogen) atoms. The zero-order chi connectivity index (χ0) is 17.1. The van der Waals surface area contributed by atoms with Crippen molar-refractivity contribution in [3.63, 3.8) is 0 Å². The van der Waals surface area contributed by atoms with Gasteiger partial charge in [-0.15, -0.1) is 11.8 Å². The molecule has 0 N–H and O–H groups in total. The molecule has 0 bridgehead atoms. The van der Waals surface area contributed by atoms with Crippen LogP contribution in [-0.4, -0.2) is 25.3 Å². The van der Waals surface area contributed by atoms with E-state index in [1.165, 1.54) is 28.9 Å². The van der Waals surface area contributed by atoms with Gasteiger partial charge in [-0.2, -0.15) is 0 Å². The van der Waals surface area contributed by atoms with E-state index in [9.17, 15) is 0 Å². The number of rotatable bonds is 7. The second kappa shape index (κ2) is 7.58. The Bertz CT molecular complexity index is 516. The average molecular weight is 337 g/mol. The van der Waals surface area contributed by atoms with Crippen LogP contribution in [0, 0.1) is 0 Å². The van der Waals surface area contributed by atoms with Crippen molar-refractivity contribution in [3.8, 4) is 0 Å². The van der Waals surface area contributed by atoms with Crippen molar-refractivity contribution in [2.75, 3.05) is 19.0 Å². The molecule has 0 radical (unpaired) electrons. The van der Waals surface area contributed by atoms with E-state index in [0.29, 0.717) is 13.2 Å². The summed E-state index contributed by atoms with van der Waals surface area (Å²) >= 11 is 1.83. The lowest BCUT2D eigenvalue weighted by Crippen LogP contribution is -2.33. The zero-order valence-electron chi connectivity index (χ0n) is 15.6. The summed E-state index contributed by atoms with van der Waals surface area (Å²) in [5.41, 5.74) is 3.58. The van der Waals surface area contributed by atoms with E-state index in [1.807, 2.05) is 25.6 Å². The zero-order valence-corrected chi connectivity index (χ0v) is 16.4. The monoisotopic (exact) mass is 336 g/mol. The third kappa shape index (κ3) is 4.52. The number of hydrogen-bond acceptors (Lipinski definition) is 3. The molecule has 0 spiro atoms. The van der Waals surface area contributed by atoms with Crippen molar-refractivity contribution < 1.29 is 9.47 Å². The van der Waals surface area contributed by atoms with Crippen LogP contribution < -0.4 is 0 Å². The molecule has 1 aromatic carbocycles. The van der Waals surface area contributed by atoms with Crippen molar-refractivity contribution >= 4 is 11.8 Å². The maximum atomic E-state index is 5.65. The minimum atomic E-state index is -0.115. The first-order chi connectivity index (χ1) is 10.8. The number of ether oxygens (including phenoxy) is 2. The second-order valence-corrected chi connectivity index (χ2v) is 8.72. The van der Waals surface area contributed by atoms with Crippen LogP contribution in [-0.2, 0) is 20.3 Å². The summed E-state index contributed by atoms with van der Waals surface area (Å²) in [6, 6.07) is 7.01. The Morgan fingerprint density at radius 2 is 1.52 bits per heavy atom. The molecule has 130 valence electrons. The molecule has 0 atom stereocenters. The van der Waals surface area contributed by atoms with E-state index in [-0.39, 0.29) is 17.1 Å². The number of benzene rings is 1. The number of fused-ring (bicyclic) bond motifs is 1. The summed E-state index contributed by atoms with van der Waals surface area (Å²) in [6.07, 6.45) is 2.40. The maximum Gasteiger partial charge on any atom is 0.166 e. The highest BCUT2D eigenvalue weighted by atomic mass is 32.2. The van der Waals surface area contributed by atoms with Crippen LogP contribution in [0.5, 0.6) is 0 Å². The molecule has 1 aromatic rings. The SMILES string of the molecule is CCOC(CSc1ccc2c(c1)C(C)(C)CCC2(C)C)OCC. The van der Waals surface area contributed by atoms with E-state index in [0.717, 1.165) is 5.75 Å². The van der Waals surface area contributed by atoms with Gasteiger partial charge >= 0.3 is 0 Å². The highest BCUT2D eigenvalue weighted by molar-refractivity contribution is 7.99. The molecule has 1 aliphatic rings. The standard InChI is InChI=1S/C20H32O2S/c1-7-21-18(22-8-2)14-23-15-9-10-16-17(13-15)20(5,6)12-11-19(16,3)4/h9-10,13,18H,7-8,11-12,14H2,1-6H3. The first-order valence-electron chi connectivity index (χ1n) is 8.81. The van der Waals surface area contributed by atoms with Gasteiger partial charge in [0.1, 0.15) is 0 Å². The van der Waals surface area contributed by atoms with Gasteiger partial charge in [0, 0.05) is 23.9 Å². The van der Waals surface area contributed by atoms with Gasteiger partial charge in [-0.05, 0) is 60.8 Å². The lowest BCUT2D eigenvalue weighted by molar-refractivity contribution is -0.120. The van der Waals surface area contributed by atoms with Gasteiger partial charge in [0.05, 0.1) is 0 Å². The molecule has 2 nitrogen and oxygen atoms in total. The molecule has 0 saturated carbocycles. The second-order valence-electron chi connectivity index (χ2n) is 7.63. The van der Waals surface area contributed by atoms with Gasteiger partial charge < -0.3 is 9.47 Å². The summed E-state index contributed by atoms with van der Waals surface area (Å²) in [5.74, 6) is 0.838. The third-order valence-electron chi connectivity index (χ3n) is 4.92. The van der Waals surface area contributed by atoms with Crippen molar-refractivity contribution in [1.82, 2.24) is 0 Å². The van der Waals surface area contributed by atoms with Crippen LogP contribution >= 0.6 is 11.8 Å². The molecule has 0 saturated heterocycles. The average Bonchev–Trinajstić information content (AvgIpc) is 2.50. The molecule has 0 amide bonds. The van der Waals surface area contributed by atoms with Gasteiger partial charge in [0.2, 0.25) is 0 Å². The van der Waals surface area contributed by atoms with E-state index < -0.39 is 0 Å².